The van der Waals surface area contributed by atoms with Crippen molar-refractivity contribution in [2.24, 2.45) is 5.73 Å². The van der Waals surface area contributed by atoms with Crippen LogP contribution in [-0.4, -0.2) is 0 Å². The summed E-state index contributed by atoms with van der Waals surface area (Å²) in [5.74, 6) is 0. The standard InChI is InChI=1S/C17H19Cl2N/c1-2-3-12-4-6-13(7-5-12)17(20)10-14-8-9-15(18)11-16(14)19/h4-9,11,17H,2-3,10,20H2,1H3. The molecule has 0 aliphatic rings. The van der Waals surface area contributed by atoms with Crippen molar-refractivity contribution in [2.45, 2.75) is 32.2 Å². The van der Waals surface area contributed by atoms with E-state index in [1.54, 1.807) is 6.07 Å². The first-order valence-corrected chi connectivity index (χ1v) is 7.64. The van der Waals surface area contributed by atoms with E-state index in [-0.39, 0.29) is 6.04 Å². The zero-order valence-corrected chi connectivity index (χ0v) is 13.1. The number of halogens is 2. The Labute approximate surface area is 130 Å². The Kier molecular flexibility index (Phi) is 5.47. The summed E-state index contributed by atoms with van der Waals surface area (Å²) in [4.78, 5) is 0. The quantitative estimate of drug-likeness (QED) is 0.808. The third-order valence-corrected chi connectivity index (χ3v) is 3.99. The highest BCUT2D eigenvalue weighted by molar-refractivity contribution is 6.35. The first kappa shape index (κ1) is 15.4. The third-order valence-electron chi connectivity index (χ3n) is 3.40. The molecule has 0 saturated heterocycles. The number of benzene rings is 2. The lowest BCUT2D eigenvalue weighted by molar-refractivity contribution is 0.721. The van der Waals surface area contributed by atoms with Gasteiger partial charge in [-0.2, -0.15) is 0 Å². The lowest BCUT2D eigenvalue weighted by atomic mass is 9.98. The molecular formula is C17H19Cl2N. The van der Waals surface area contributed by atoms with E-state index in [0.29, 0.717) is 16.5 Å². The van der Waals surface area contributed by atoms with Gasteiger partial charge < -0.3 is 5.73 Å². The van der Waals surface area contributed by atoms with E-state index < -0.39 is 0 Å². The van der Waals surface area contributed by atoms with Crippen LogP contribution >= 0.6 is 23.2 Å². The van der Waals surface area contributed by atoms with Crippen LogP contribution in [0.1, 0.15) is 36.1 Å². The van der Waals surface area contributed by atoms with Gasteiger partial charge in [0.25, 0.3) is 0 Å². The monoisotopic (exact) mass is 307 g/mol. The molecule has 1 nitrogen and oxygen atoms in total. The summed E-state index contributed by atoms with van der Waals surface area (Å²) in [6.07, 6.45) is 2.98. The number of nitrogens with two attached hydrogens (primary N) is 1. The predicted molar refractivity (Wildman–Crippen MR) is 87.5 cm³/mol. The molecule has 1 unspecified atom stereocenters. The van der Waals surface area contributed by atoms with Gasteiger partial charge in [0.15, 0.2) is 0 Å². The minimum absolute atomic E-state index is 0.0515. The van der Waals surface area contributed by atoms with Gasteiger partial charge in [0.2, 0.25) is 0 Å². The summed E-state index contributed by atoms with van der Waals surface area (Å²) in [5.41, 5.74) is 9.78. The van der Waals surface area contributed by atoms with Crippen molar-refractivity contribution in [3.8, 4) is 0 Å². The van der Waals surface area contributed by atoms with Gasteiger partial charge in [0.05, 0.1) is 0 Å². The zero-order chi connectivity index (χ0) is 14.5. The molecule has 0 aromatic heterocycles. The molecule has 0 amide bonds. The second-order valence-electron chi connectivity index (χ2n) is 5.04. The Morgan fingerprint density at radius 3 is 2.35 bits per heavy atom. The number of hydrogen-bond acceptors (Lipinski definition) is 1. The predicted octanol–water partition coefficient (Wildman–Crippen LogP) is 5.19. The minimum Gasteiger partial charge on any atom is -0.324 e. The Balaban J connectivity index is 2.09. The smallest absolute Gasteiger partial charge is 0.0453 e. The molecule has 0 aliphatic heterocycles. The van der Waals surface area contributed by atoms with E-state index in [1.165, 1.54) is 5.56 Å². The van der Waals surface area contributed by atoms with Crippen LogP contribution in [0.4, 0.5) is 0 Å². The van der Waals surface area contributed by atoms with E-state index in [9.17, 15) is 0 Å². The van der Waals surface area contributed by atoms with Gasteiger partial charge in [-0.25, -0.2) is 0 Å². The molecule has 0 saturated carbocycles. The molecular weight excluding hydrogens is 289 g/mol. The van der Waals surface area contributed by atoms with Crippen LogP contribution in [0.5, 0.6) is 0 Å². The van der Waals surface area contributed by atoms with Crippen LogP contribution < -0.4 is 5.73 Å². The summed E-state index contributed by atoms with van der Waals surface area (Å²) < 4.78 is 0. The van der Waals surface area contributed by atoms with Crippen LogP contribution in [0.25, 0.3) is 0 Å². The van der Waals surface area contributed by atoms with Crippen LogP contribution in [0.15, 0.2) is 42.5 Å². The van der Waals surface area contributed by atoms with Gasteiger partial charge in [-0.1, -0.05) is 66.9 Å². The lowest BCUT2D eigenvalue weighted by Crippen LogP contribution is -2.13. The number of rotatable bonds is 5. The van der Waals surface area contributed by atoms with Crippen LogP contribution in [0.2, 0.25) is 10.0 Å². The maximum atomic E-state index is 6.27. The molecule has 20 heavy (non-hydrogen) atoms. The zero-order valence-electron chi connectivity index (χ0n) is 11.6. The molecule has 0 bridgehead atoms. The summed E-state index contributed by atoms with van der Waals surface area (Å²) >= 11 is 12.1. The second-order valence-corrected chi connectivity index (χ2v) is 5.88. The van der Waals surface area contributed by atoms with E-state index in [2.05, 4.69) is 31.2 Å². The highest BCUT2D eigenvalue weighted by Gasteiger charge is 2.10. The van der Waals surface area contributed by atoms with Gasteiger partial charge in [-0.15, -0.1) is 0 Å². The van der Waals surface area contributed by atoms with Crippen molar-refractivity contribution in [1.29, 1.82) is 0 Å². The summed E-state index contributed by atoms with van der Waals surface area (Å²) in [6, 6.07) is 14.0. The number of aryl methyl sites for hydroxylation is 1. The molecule has 0 spiro atoms. The van der Waals surface area contributed by atoms with Crippen molar-refractivity contribution >= 4 is 23.2 Å². The topological polar surface area (TPSA) is 26.0 Å². The normalized spacial score (nSPS) is 12.4. The van der Waals surface area contributed by atoms with Gasteiger partial charge >= 0.3 is 0 Å². The molecule has 2 aromatic carbocycles. The van der Waals surface area contributed by atoms with Gasteiger partial charge in [-0.3, -0.25) is 0 Å². The van der Waals surface area contributed by atoms with Gasteiger partial charge in [0, 0.05) is 16.1 Å². The second kappa shape index (κ2) is 7.12. The summed E-state index contributed by atoms with van der Waals surface area (Å²) in [7, 11) is 0. The largest absolute Gasteiger partial charge is 0.324 e. The number of hydrogen-bond donors (Lipinski definition) is 1. The van der Waals surface area contributed by atoms with E-state index in [0.717, 1.165) is 24.0 Å². The molecule has 1 atom stereocenters. The van der Waals surface area contributed by atoms with E-state index >= 15 is 0 Å². The Hall–Kier alpha value is -1.02. The summed E-state index contributed by atoms with van der Waals surface area (Å²) in [6.45, 7) is 2.18. The van der Waals surface area contributed by atoms with E-state index in [1.807, 2.05) is 12.1 Å². The Morgan fingerprint density at radius 2 is 1.75 bits per heavy atom. The minimum atomic E-state index is -0.0515. The van der Waals surface area contributed by atoms with Crippen molar-refractivity contribution in [2.75, 3.05) is 0 Å². The molecule has 0 radical (unpaired) electrons. The maximum absolute atomic E-state index is 6.27. The van der Waals surface area contributed by atoms with Crippen molar-refractivity contribution in [1.82, 2.24) is 0 Å². The van der Waals surface area contributed by atoms with Crippen LogP contribution in [-0.2, 0) is 12.8 Å². The fourth-order valence-corrected chi connectivity index (χ4v) is 2.75. The third kappa shape index (κ3) is 3.99. The highest BCUT2D eigenvalue weighted by Crippen LogP contribution is 2.25. The fraction of sp³-hybridized carbons (Fsp3) is 0.294. The molecule has 0 aliphatic carbocycles. The Morgan fingerprint density at radius 1 is 1.05 bits per heavy atom. The first-order chi connectivity index (χ1) is 9.60. The van der Waals surface area contributed by atoms with Gasteiger partial charge in [-0.05, 0) is 41.7 Å². The van der Waals surface area contributed by atoms with Crippen LogP contribution in [0.3, 0.4) is 0 Å². The molecule has 0 fully saturated rings. The molecule has 0 heterocycles. The van der Waals surface area contributed by atoms with Crippen molar-refractivity contribution in [3.63, 3.8) is 0 Å². The SMILES string of the molecule is CCCc1ccc(C(N)Cc2ccc(Cl)cc2Cl)cc1. The molecule has 2 aromatic rings. The van der Waals surface area contributed by atoms with Gasteiger partial charge in [0.1, 0.15) is 0 Å². The van der Waals surface area contributed by atoms with Crippen LogP contribution in [0, 0.1) is 0 Å². The first-order valence-electron chi connectivity index (χ1n) is 6.88. The Bertz CT molecular complexity index is 564. The average molecular weight is 308 g/mol. The maximum Gasteiger partial charge on any atom is 0.0453 e. The molecule has 3 heteroatoms. The average Bonchev–Trinajstić information content (AvgIpc) is 2.43. The van der Waals surface area contributed by atoms with Crippen molar-refractivity contribution in [3.05, 3.63) is 69.2 Å². The molecule has 2 rings (SSSR count). The molecule has 106 valence electrons. The summed E-state index contributed by atoms with van der Waals surface area (Å²) in [5, 5.41) is 1.33. The highest BCUT2D eigenvalue weighted by atomic mass is 35.5. The van der Waals surface area contributed by atoms with E-state index in [4.69, 9.17) is 28.9 Å². The fourth-order valence-electron chi connectivity index (χ4n) is 2.26. The lowest BCUT2D eigenvalue weighted by Gasteiger charge is -2.14. The van der Waals surface area contributed by atoms with Crippen molar-refractivity contribution < 1.29 is 0 Å². The molecule has 2 N–H and O–H groups in total.